The fourth-order valence-electron chi connectivity index (χ4n) is 3.45. The Balaban J connectivity index is 1.98. The first kappa shape index (κ1) is 23.6. The lowest BCUT2D eigenvalue weighted by molar-refractivity contribution is -0.132. The minimum Gasteiger partial charge on any atom is -0.338 e. The van der Waals surface area contributed by atoms with E-state index < -0.39 is 0 Å². The molecule has 0 heterocycles. The van der Waals surface area contributed by atoms with E-state index in [1.807, 2.05) is 23.1 Å². The van der Waals surface area contributed by atoms with Gasteiger partial charge in [-0.1, -0.05) is 44.5 Å². The Morgan fingerprint density at radius 2 is 1.73 bits per heavy atom. The van der Waals surface area contributed by atoms with Crippen LogP contribution in [0.25, 0.3) is 0 Å². The smallest absolute Gasteiger partial charge is 0.224 e. The van der Waals surface area contributed by atoms with E-state index in [1.165, 1.54) is 12.1 Å². The Bertz CT molecular complexity index is 829. The molecule has 0 aliphatic heterocycles. The monoisotopic (exact) mass is 409 g/mol. The number of unbranched alkanes of at least 4 members (excludes halogenated alkanes) is 1. The quantitative estimate of drug-likeness (QED) is 0.488. The first-order valence-corrected chi connectivity index (χ1v) is 10.8. The van der Waals surface area contributed by atoms with Crippen molar-refractivity contribution < 1.29 is 9.18 Å². The van der Waals surface area contributed by atoms with Gasteiger partial charge in [-0.2, -0.15) is 5.26 Å². The highest BCUT2D eigenvalue weighted by atomic mass is 19.1. The van der Waals surface area contributed by atoms with Crippen LogP contribution in [0.5, 0.6) is 0 Å². The van der Waals surface area contributed by atoms with E-state index in [-0.39, 0.29) is 11.7 Å². The van der Waals surface area contributed by atoms with Gasteiger partial charge in [-0.3, -0.25) is 9.69 Å². The molecule has 0 atom stereocenters. The van der Waals surface area contributed by atoms with Crippen LogP contribution < -0.4 is 0 Å². The third-order valence-corrected chi connectivity index (χ3v) is 5.06. The van der Waals surface area contributed by atoms with Gasteiger partial charge in [0.1, 0.15) is 5.82 Å². The van der Waals surface area contributed by atoms with Gasteiger partial charge in [0, 0.05) is 32.6 Å². The number of amides is 1. The van der Waals surface area contributed by atoms with Crippen molar-refractivity contribution in [2.24, 2.45) is 0 Å². The molecular weight excluding hydrogens is 377 g/mol. The summed E-state index contributed by atoms with van der Waals surface area (Å²) in [7, 11) is 0. The van der Waals surface area contributed by atoms with E-state index in [0.717, 1.165) is 43.5 Å². The fourth-order valence-corrected chi connectivity index (χ4v) is 3.45. The third-order valence-electron chi connectivity index (χ3n) is 5.06. The normalized spacial score (nSPS) is 10.8. The van der Waals surface area contributed by atoms with Crippen molar-refractivity contribution in [3.63, 3.8) is 0 Å². The minimum atomic E-state index is -0.263. The summed E-state index contributed by atoms with van der Waals surface area (Å²) in [6.45, 7) is 7.76. The van der Waals surface area contributed by atoms with Crippen LogP contribution >= 0.6 is 0 Å². The highest BCUT2D eigenvalue weighted by molar-refractivity contribution is 5.76. The summed E-state index contributed by atoms with van der Waals surface area (Å²) >= 11 is 0. The van der Waals surface area contributed by atoms with Gasteiger partial charge in [-0.05, 0) is 54.8 Å². The lowest BCUT2D eigenvalue weighted by Crippen LogP contribution is -2.35. The van der Waals surface area contributed by atoms with E-state index in [0.29, 0.717) is 31.6 Å². The van der Waals surface area contributed by atoms with Crippen LogP contribution in [0.2, 0.25) is 0 Å². The fraction of sp³-hybridized carbons (Fsp3) is 0.440. The summed E-state index contributed by atoms with van der Waals surface area (Å²) in [5.74, 6) is -0.138. The molecule has 0 aliphatic carbocycles. The molecule has 160 valence electrons. The van der Waals surface area contributed by atoms with Crippen molar-refractivity contribution in [2.45, 2.75) is 52.6 Å². The van der Waals surface area contributed by atoms with Gasteiger partial charge in [0.2, 0.25) is 5.91 Å². The molecule has 0 N–H and O–H groups in total. The SMILES string of the molecule is CCCCN(Cc1ccc(F)cc1)C(=O)CCN(CCC)Cc1cccc(C#N)c1. The van der Waals surface area contributed by atoms with Gasteiger partial charge < -0.3 is 4.90 Å². The summed E-state index contributed by atoms with van der Waals surface area (Å²) in [4.78, 5) is 17.1. The van der Waals surface area contributed by atoms with Gasteiger partial charge in [0.05, 0.1) is 11.6 Å². The van der Waals surface area contributed by atoms with Crippen LogP contribution in [0.15, 0.2) is 48.5 Å². The zero-order valence-corrected chi connectivity index (χ0v) is 18.1. The first-order chi connectivity index (χ1) is 14.5. The Hall–Kier alpha value is -2.71. The number of hydrogen-bond donors (Lipinski definition) is 0. The Morgan fingerprint density at radius 3 is 2.40 bits per heavy atom. The van der Waals surface area contributed by atoms with Crippen molar-refractivity contribution in [1.82, 2.24) is 9.80 Å². The number of carbonyl (C=O) groups is 1. The molecule has 0 saturated carbocycles. The Morgan fingerprint density at radius 1 is 0.967 bits per heavy atom. The molecule has 0 spiro atoms. The van der Waals surface area contributed by atoms with Gasteiger partial charge in [0.25, 0.3) is 0 Å². The average Bonchev–Trinajstić information content (AvgIpc) is 2.76. The van der Waals surface area contributed by atoms with Crippen molar-refractivity contribution in [3.8, 4) is 6.07 Å². The number of nitriles is 1. The molecule has 0 radical (unpaired) electrons. The zero-order valence-electron chi connectivity index (χ0n) is 18.1. The van der Waals surface area contributed by atoms with E-state index in [1.54, 1.807) is 18.2 Å². The van der Waals surface area contributed by atoms with E-state index >= 15 is 0 Å². The number of rotatable bonds is 12. The second-order valence-electron chi connectivity index (χ2n) is 7.63. The van der Waals surface area contributed by atoms with Crippen molar-refractivity contribution in [3.05, 3.63) is 71.0 Å². The summed E-state index contributed by atoms with van der Waals surface area (Å²) in [5.41, 5.74) is 2.69. The molecule has 30 heavy (non-hydrogen) atoms. The summed E-state index contributed by atoms with van der Waals surface area (Å²) in [6, 6.07) is 16.2. The number of halogens is 1. The van der Waals surface area contributed by atoms with E-state index in [9.17, 15) is 9.18 Å². The molecule has 1 amide bonds. The molecule has 0 aromatic heterocycles. The molecule has 2 rings (SSSR count). The molecule has 0 aliphatic rings. The second kappa shape index (κ2) is 12.8. The second-order valence-corrected chi connectivity index (χ2v) is 7.63. The van der Waals surface area contributed by atoms with Gasteiger partial charge in [-0.25, -0.2) is 4.39 Å². The van der Waals surface area contributed by atoms with Crippen LogP contribution in [0.3, 0.4) is 0 Å². The molecule has 2 aromatic carbocycles. The predicted molar refractivity (Wildman–Crippen MR) is 118 cm³/mol. The maximum atomic E-state index is 13.2. The van der Waals surface area contributed by atoms with Crippen LogP contribution in [-0.4, -0.2) is 35.3 Å². The number of nitrogens with zero attached hydrogens (tertiary/aromatic N) is 3. The highest BCUT2D eigenvalue weighted by Crippen LogP contribution is 2.12. The molecular formula is C25H32FN3O. The molecule has 4 nitrogen and oxygen atoms in total. The maximum absolute atomic E-state index is 13.2. The lowest BCUT2D eigenvalue weighted by atomic mass is 10.1. The van der Waals surface area contributed by atoms with Crippen LogP contribution in [0.4, 0.5) is 4.39 Å². The minimum absolute atomic E-state index is 0.125. The maximum Gasteiger partial charge on any atom is 0.224 e. The van der Waals surface area contributed by atoms with Crippen molar-refractivity contribution >= 4 is 5.91 Å². The molecule has 2 aromatic rings. The lowest BCUT2D eigenvalue weighted by Gasteiger charge is -2.26. The van der Waals surface area contributed by atoms with Gasteiger partial charge >= 0.3 is 0 Å². The van der Waals surface area contributed by atoms with Gasteiger partial charge in [-0.15, -0.1) is 0 Å². The third kappa shape index (κ3) is 7.96. The Labute approximate surface area is 179 Å². The number of benzene rings is 2. The van der Waals surface area contributed by atoms with Crippen molar-refractivity contribution in [1.29, 1.82) is 5.26 Å². The van der Waals surface area contributed by atoms with Crippen molar-refractivity contribution in [2.75, 3.05) is 19.6 Å². The Kier molecular flexibility index (Phi) is 10.0. The van der Waals surface area contributed by atoms with E-state index in [4.69, 9.17) is 5.26 Å². The van der Waals surface area contributed by atoms with Gasteiger partial charge in [0.15, 0.2) is 0 Å². The molecule has 0 unspecified atom stereocenters. The predicted octanol–water partition coefficient (Wildman–Crippen LogP) is 5.13. The largest absolute Gasteiger partial charge is 0.338 e. The summed E-state index contributed by atoms with van der Waals surface area (Å²) < 4.78 is 13.2. The molecule has 0 fully saturated rings. The molecule has 0 bridgehead atoms. The summed E-state index contributed by atoms with van der Waals surface area (Å²) in [6.07, 6.45) is 3.42. The number of hydrogen-bond acceptors (Lipinski definition) is 3. The molecule has 5 heteroatoms. The van der Waals surface area contributed by atoms with E-state index in [2.05, 4.69) is 24.8 Å². The zero-order chi connectivity index (χ0) is 21.8. The standard InChI is InChI=1S/C25H32FN3O/c1-3-5-15-29(20-21-9-11-24(26)12-10-21)25(30)13-16-28(14-4-2)19-23-8-6-7-22(17-23)18-27/h6-12,17H,3-5,13-16,19-20H2,1-2H3. The van der Waals surface area contributed by atoms with Crippen LogP contribution in [0.1, 0.15) is 56.2 Å². The molecule has 0 saturated heterocycles. The van der Waals surface area contributed by atoms with Crippen LogP contribution in [0, 0.1) is 17.1 Å². The number of carbonyl (C=O) groups excluding carboxylic acids is 1. The average molecular weight is 410 g/mol. The highest BCUT2D eigenvalue weighted by Gasteiger charge is 2.16. The summed E-state index contributed by atoms with van der Waals surface area (Å²) in [5, 5.41) is 9.11. The van der Waals surface area contributed by atoms with Crippen LogP contribution in [-0.2, 0) is 17.9 Å². The first-order valence-electron chi connectivity index (χ1n) is 10.8. The topological polar surface area (TPSA) is 47.3 Å².